The van der Waals surface area contributed by atoms with E-state index in [0.29, 0.717) is 29.5 Å². The summed E-state index contributed by atoms with van der Waals surface area (Å²) in [7, 11) is 0. The lowest BCUT2D eigenvalue weighted by Crippen LogP contribution is -2.21. The van der Waals surface area contributed by atoms with Crippen molar-refractivity contribution in [2.45, 2.75) is 12.6 Å². The molecule has 0 radical (unpaired) electrons. The van der Waals surface area contributed by atoms with Gasteiger partial charge in [0.25, 0.3) is 0 Å². The molecule has 2 rings (SSSR count). The highest BCUT2D eigenvalue weighted by Gasteiger charge is 2.38. The maximum atomic E-state index is 11.5. The van der Waals surface area contributed by atoms with E-state index in [-0.39, 0.29) is 10.8 Å². The molecule has 0 saturated carbocycles. The molecule has 1 aromatic carbocycles. The van der Waals surface area contributed by atoms with Gasteiger partial charge in [0, 0.05) is 17.0 Å². The average molecular weight is 354 g/mol. The summed E-state index contributed by atoms with van der Waals surface area (Å²) in [5, 5.41) is 17.4. The summed E-state index contributed by atoms with van der Waals surface area (Å²) in [5.74, 6) is -2.86. The third-order valence-electron chi connectivity index (χ3n) is 2.53. The fourth-order valence-corrected chi connectivity index (χ4v) is 1.67. The monoisotopic (exact) mass is 353 g/mol. The molecule has 0 bridgehead atoms. The Morgan fingerprint density at radius 2 is 1.87 bits per heavy atom. The van der Waals surface area contributed by atoms with E-state index in [1.807, 2.05) is 0 Å². The van der Waals surface area contributed by atoms with Crippen LogP contribution in [0.5, 0.6) is 5.75 Å². The summed E-state index contributed by atoms with van der Waals surface area (Å²) in [6, 6.07) is 4.56. The fourth-order valence-electron chi connectivity index (χ4n) is 1.50. The zero-order valence-corrected chi connectivity index (χ0v) is 12.1. The third kappa shape index (κ3) is 5.15. The van der Waals surface area contributed by atoms with E-state index in [1.165, 1.54) is 6.07 Å². The molecule has 126 valence electrons. The van der Waals surface area contributed by atoms with Crippen LogP contribution in [0.2, 0.25) is 5.02 Å². The topological polar surface area (TPSA) is 114 Å². The molecule has 6 nitrogen and oxygen atoms in total. The van der Waals surface area contributed by atoms with Crippen LogP contribution in [0, 0.1) is 0 Å². The van der Waals surface area contributed by atoms with Gasteiger partial charge in [0.15, 0.2) is 0 Å². The normalized spacial score (nSPS) is 11.0. The second kappa shape index (κ2) is 7.34. The molecule has 1 aromatic heterocycles. The van der Waals surface area contributed by atoms with Crippen molar-refractivity contribution in [2.75, 3.05) is 6.54 Å². The molecule has 23 heavy (non-hydrogen) atoms. The number of carbonyl (C=O) groups is 1. The molecule has 0 aliphatic heterocycles. The Morgan fingerprint density at radius 1 is 1.30 bits per heavy atom. The molecule has 2 aromatic rings. The van der Waals surface area contributed by atoms with Gasteiger partial charge in [-0.1, -0.05) is 11.6 Å². The van der Waals surface area contributed by atoms with Crippen molar-refractivity contribution in [2.24, 2.45) is 5.73 Å². The summed E-state index contributed by atoms with van der Waals surface area (Å²) >= 11 is 5.76. The molecule has 0 aliphatic rings. The molecule has 0 fully saturated rings. The number of phenolic OH excluding ortho intramolecular Hbond substituents is 1. The zero-order chi connectivity index (χ0) is 17.8. The summed E-state index contributed by atoms with van der Waals surface area (Å²) in [6.45, 7) is 0.377. The molecule has 0 atom stereocenters. The molecule has 0 amide bonds. The van der Waals surface area contributed by atoms with Crippen LogP contribution in [0.25, 0.3) is 11.0 Å². The molecular formula is C13H11ClF3NO5. The van der Waals surface area contributed by atoms with Crippen molar-refractivity contribution < 1.29 is 32.6 Å². The van der Waals surface area contributed by atoms with Crippen molar-refractivity contribution in [1.29, 1.82) is 0 Å². The number of carboxylic acid groups (broad SMARTS) is 1. The Labute approximate surface area is 131 Å². The summed E-state index contributed by atoms with van der Waals surface area (Å²) in [4.78, 5) is 20.4. The zero-order valence-electron chi connectivity index (χ0n) is 11.4. The second-order valence-electron chi connectivity index (χ2n) is 4.24. The van der Waals surface area contributed by atoms with Gasteiger partial charge in [-0.3, -0.25) is 0 Å². The van der Waals surface area contributed by atoms with Crippen LogP contribution in [0.4, 0.5) is 13.2 Å². The minimum atomic E-state index is -5.08. The average Bonchev–Trinajstić information content (AvgIpc) is 2.42. The van der Waals surface area contributed by atoms with Crippen LogP contribution in [-0.2, 0) is 11.2 Å². The largest absolute Gasteiger partial charge is 0.506 e. The number of rotatable bonds is 2. The number of hydrogen-bond donors (Lipinski definition) is 3. The van der Waals surface area contributed by atoms with Gasteiger partial charge in [0.05, 0.1) is 5.02 Å². The van der Waals surface area contributed by atoms with Crippen LogP contribution in [0.15, 0.2) is 27.4 Å². The number of phenols is 1. The molecule has 0 aliphatic carbocycles. The van der Waals surface area contributed by atoms with E-state index in [4.69, 9.17) is 31.7 Å². The van der Waals surface area contributed by atoms with Crippen molar-refractivity contribution in [3.8, 4) is 5.75 Å². The van der Waals surface area contributed by atoms with Gasteiger partial charge in [0.1, 0.15) is 11.3 Å². The first kappa shape index (κ1) is 18.8. The van der Waals surface area contributed by atoms with Crippen LogP contribution in [0.3, 0.4) is 0 Å². The molecule has 0 spiro atoms. The Bertz CT molecular complexity index is 773. The molecule has 1 heterocycles. The molecular weight excluding hydrogens is 343 g/mol. The molecule has 0 unspecified atom stereocenters. The highest BCUT2D eigenvalue weighted by atomic mass is 35.5. The van der Waals surface area contributed by atoms with Crippen molar-refractivity contribution in [3.05, 3.63) is 39.2 Å². The standard InChI is InChI=1S/C11H10ClNO3.C2HF3O2/c12-8-4-7-3-6(1-2-13)11(15)16-10(7)5-9(8)14;3-2(4,5)1(6)7/h3-5,14H,1-2,13H2;(H,6,7). The number of benzene rings is 1. The van der Waals surface area contributed by atoms with Gasteiger partial charge < -0.3 is 20.4 Å². The number of aliphatic carboxylic acids is 1. The maximum Gasteiger partial charge on any atom is 0.490 e. The van der Waals surface area contributed by atoms with Crippen LogP contribution in [-0.4, -0.2) is 28.9 Å². The van der Waals surface area contributed by atoms with Crippen molar-refractivity contribution >= 4 is 28.5 Å². The number of nitrogens with two attached hydrogens (primary N) is 1. The van der Waals surface area contributed by atoms with Gasteiger partial charge in [-0.05, 0) is 25.1 Å². The number of hydrogen-bond acceptors (Lipinski definition) is 5. The van der Waals surface area contributed by atoms with E-state index >= 15 is 0 Å². The highest BCUT2D eigenvalue weighted by Crippen LogP contribution is 2.28. The third-order valence-corrected chi connectivity index (χ3v) is 2.83. The van der Waals surface area contributed by atoms with E-state index < -0.39 is 17.8 Å². The summed E-state index contributed by atoms with van der Waals surface area (Å²) < 4.78 is 36.8. The molecule has 0 saturated heterocycles. The van der Waals surface area contributed by atoms with E-state index in [0.717, 1.165) is 0 Å². The Kier molecular flexibility index (Phi) is 5.99. The van der Waals surface area contributed by atoms with Gasteiger partial charge >= 0.3 is 17.8 Å². The lowest BCUT2D eigenvalue weighted by atomic mass is 10.1. The fraction of sp³-hybridized carbons (Fsp3) is 0.231. The van der Waals surface area contributed by atoms with Crippen LogP contribution < -0.4 is 11.4 Å². The minimum Gasteiger partial charge on any atom is -0.506 e. The first-order valence-corrected chi connectivity index (χ1v) is 6.39. The maximum absolute atomic E-state index is 11.5. The van der Waals surface area contributed by atoms with E-state index in [1.54, 1.807) is 12.1 Å². The highest BCUT2D eigenvalue weighted by molar-refractivity contribution is 6.32. The SMILES string of the molecule is NCCc1cc2cc(Cl)c(O)cc2oc1=O.O=C(O)C(F)(F)F. The second-order valence-corrected chi connectivity index (χ2v) is 4.65. The number of fused-ring (bicyclic) bond motifs is 1. The van der Waals surface area contributed by atoms with Gasteiger partial charge in [-0.2, -0.15) is 13.2 Å². The Morgan fingerprint density at radius 3 is 2.35 bits per heavy atom. The lowest BCUT2D eigenvalue weighted by Gasteiger charge is -2.02. The smallest absolute Gasteiger partial charge is 0.490 e. The van der Waals surface area contributed by atoms with Crippen molar-refractivity contribution in [3.63, 3.8) is 0 Å². The first-order valence-electron chi connectivity index (χ1n) is 6.01. The van der Waals surface area contributed by atoms with Gasteiger partial charge in [0.2, 0.25) is 0 Å². The Hall–Kier alpha value is -2.26. The van der Waals surface area contributed by atoms with Crippen LogP contribution in [0.1, 0.15) is 5.56 Å². The molecule has 4 N–H and O–H groups in total. The van der Waals surface area contributed by atoms with Gasteiger partial charge in [-0.15, -0.1) is 0 Å². The summed E-state index contributed by atoms with van der Waals surface area (Å²) in [6.07, 6.45) is -4.63. The number of halogens is 4. The quantitative estimate of drug-likeness (QED) is 0.714. The summed E-state index contributed by atoms with van der Waals surface area (Å²) in [5.41, 5.74) is 5.77. The Balaban J connectivity index is 0.000000322. The number of aromatic hydroxyl groups is 1. The van der Waals surface area contributed by atoms with E-state index in [9.17, 15) is 23.1 Å². The number of alkyl halides is 3. The predicted molar refractivity (Wildman–Crippen MR) is 75.6 cm³/mol. The van der Waals surface area contributed by atoms with Crippen LogP contribution >= 0.6 is 11.6 Å². The van der Waals surface area contributed by atoms with Gasteiger partial charge in [-0.25, -0.2) is 9.59 Å². The van der Waals surface area contributed by atoms with Crippen molar-refractivity contribution in [1.82, 2.24) is 0 Å². The number of carboxylic acids is 1. The van der Waals surface area contributed by atoms with E-state index in [2.05, 4.69) is 0 Å². The minimum absolute atomic E-state index is 0.108. The molecule has 10 heteroatoms. The first-order chi connectivity index (χ1) is 10.6. The lowest BCUT2D eigenvalue weighted by molar-refractivity contribution is -0.192. The predicted octanol–water partition coefficient (Wildman–Crippen LogP) is 2.29.